The summed E-state index contributed by atoms with van der Waals surface area (Å²) in [5, 5.41) is 0. The van der Waals surface area contributed by atoms with Crippen molar-refractivity contribution in [2.24, 2.45) is 5.92 Å². The molecule has 0 aliphatic carbocycles. The molecule has 2 aromatic carbocycles. The molecule has 0 N–H and O–H groups in total. The van der Waals surface area contributed by atoms with E-state index in [0.29, 0.717) is 24.7 Å². The molecule has 0 saturated heterocycles. The van der Waals surface area contributed by atoms with Crippen molar-refractivity contribution in [1.29, 1.82) is 0 Å². The molecule has 0 bridgehead atoms. The van der Waals surface area contributed by atoms with Gasteiger partial charge in [-0.1, -0.05) is 32.4 Å². The van der Waals surface area contributed by atoms with Crippen LogP contribution in [0.4, 0.5) is 0 Å². The van der Waals surface area contributed by atoms with Gasteiger partial charge in [-0.05, 0) is 47.9 Å². The molecular formula is C22H24N2O3. The Hall–Kier alpha value is -3.08. The van der Waals surface area contributed by atoms with Gasteiger partial charge < -0.3 is 14.0 Å². The Labute approximate surface area is 159 Å². The van der Waals surface area contributed by atoms with E-state index in [1.807, 2.05) is 47.2 Å². The number of aromatic nitrogens is 2. The van der Waals surface area contributed by atoms with Crippen molar-refractivity contribution in [2.75, 3.05) is 6.61 Å². The van der Waals surface area contributed by atoms with Gasteiger partial charge in [-0.2, -0.15) is 0 Å². The van der Waals surface area contributed by atoms with Crippen LogP contribution in [0, 0.1) is 5.92 Å². The van der Waals surface area contributed by atoms with Gasteiger partial charge in [-0.3, -0.25) is 0 Å². The zero-order chi connectivity index (χ0) is 19.1. The molecule has 1 unspecified atom stereocenters. The van der Waals surface area contributed by atoms with Gasteiger partial charge in [-0.15, -0.1) is 0 Å². The van der Waals surface area contributed by atoms with E-state index in [0.717, 1.165) is 23.4 Å². The topological polar surface area (TPSA) is 53.4 Å². The lowest BCUT2D eigenvalue weighted by Crippen LogP contribution is -2.11. The van der Waals surface area contributed by atoms with E-state index < -0.39 is 0 Å². The van der Waals surface area contributed by atoms with Crippen LogP contribution in [-0.2, 0) is 11.3 Å². The van der Waals surface area contributed by atoms with E-state index in [1.165, 1.54) is 0 Å². The second-order valence-corrected chi connectivity index (χ2v) is 6.56. The van der Waals surface area contributed by atoms with Crippen molar-refractivity contribution in [3.05, 3.63) is 78.4 Å². The first-order valence-corrected chi connectivity index (χ1v) is 9.13. The highest BCUT2D eigenvalue weighted by Crippen LogP contribution is 2.17. The van der Waals surface area contributed by atoms with E-state index in [9.17, 15) is 4.79 Å². The SMILES string of the molecule is CCC(C)COC(=O)c1ccc(COc2ccc(-n3ccnc3)cc2)cc1. The summed E-state index contributed by atoms with van der Waals surface area (Å²) in [7, 11) is 0. The van der Waals surface area contributed by atoms with Crippen molar-refractivity contribution in [3.8, 4) is 11.4 Å². The fourth-order valence-corrected chi connectivity index (χ4v) is 2.45. The van der Waals surface area contributed by atoms with Gasteiger partial charge in [0, 0.05) is 18.1 Å². The Balaban J connectivity index is 1.52. The third-order valence-corrected chi connectivity index (χ3v) is 4.43. The summed E-state index contributed by atoms with van der Waals surface area (Å²) < 4.78 is 13.1. The monoisotopic (exact) mass is 364 g/mol. The minimum atomic E-state index is -0.280. The number of carbonyl (C=O) groups is 1. The lowest BCUT2D eigenvalue weighted by Gasteiger charge is -2.10. The Morgan fingerprint density at radius 3 is 2.48 bits per heavy atom. The minimum absolute atomic E-state index is 0.280. The van der Waals surface area contributed by atoms with E-state index in [2.05, 4.69) is 18.8 Å². The van der Waals surface area contributed by atoms with E-state index in [1.54, 1.807) is 24.7 Å². The standard InChI is InChI=1S/C22H24N2O3/c1-3-17(2)14-27-22(25)19-6-4-18(5-7-19)15-26-21-10-8-20(9-11-21)24-13-12-23-16-24/h4-13,16-17H,3,14-15H2,1-2H3. The van der Waals surface area contributed by atoms with Gasteiger partial charge in [0.15, 0.2) is 0 Å². The maximum Gasteiger partial charge on any atom is 0.338 e. The number of rotatable bonds is 8. The molecule has 3 rings (SSSR count). The van der Waals surface area contributed by atoms with E-state index in [-0.39, 0.29) is 5.97 Å². The van der Waals surface area contributed by atoms with Gasteiger partial charge in [0.25, 0.3) is 0 Å². The number of benzene rings is 2. The van der Waals surface area contributed by atoms with Gasteiger partial charge in [-0.25, -0.2) is 9.78 Å². The molecular weight excluding hydrogens is 340 g/mol. The minimum Gasteiger partial charge on any atom is -0.489 e. The molecule has 0 fully saturated rings. The molecule has 0 radical (unpaired) electrons. The Bertz CT molecular complexity index is 840. The lowest BCUT2D eigenvalue weighted by molar-refractivity contribution is 0.0447. The number of nitrogens with zero attached hydrogens (tertiary/aromatic N) is 2. The predicted octanol–water partition coefficient (Wildman–Crippen LogP) is 4.65. The predicted molar refractivity (Wildman–Crippen MR) is 104 cm³/mol. The number of ether oxygens (including phenoxy) is 2. The van der Waals surface area contributed by atoms with Crippen molar-refractivity contribution >= 4 is 5.97 Å². The smallest absolute Gasteiger partial charge is 0.338 e. The summed E-state index contributed by atoms with van der Waals surface area (Å²) >= 11 is 0. The first kappa shape index (κ1) is 18.7. The number of imidazole rings is 1. The number of esters is 1. The fraction of sp³-hybridized carbons (Fsp3) is 0.273. The van der Waals surface area contributed by atoms with E-state index >= 15 is 0 Å². The molecule has 5 heteroatoms. The van der Waals surface area contributed by atoms with Crippen molar-refractivity contribution in [1.82, 2.24) is 9.55 Å². The lowest BCUT2D eigenvalue weighted by atomic mass is 10.1. The molecule has 3 aromatic rings. The van der Waals surface area contributed by atoms with Gasteiger partial charge in [0.1, 0.15) is 12.4 Å². The average Bonchev–Trinajstić information content (AvgIpc) is 3.26. The average molecular weight is 364 g/mol. The number of carbonyl (C=O) groups excluding carboxylic acids is 1. The highest BCUT2D eigenvalue weighted by molar-refractivity contribution is 5.89. The van der Waals surface area contributed by atoms with Crippen molar-refractivity contribution in [3.63, 3.8) is 0 Å². The number of hydrogen-bond donors (Lipinski definition) is 0. The van der Waals surface area contributed by atoms with Gasteiger partial charge in [0.05, 0.1) is 18.5 Å². The van der Waals surface area contributed by atoms with Crippen LogP contribution in [0.1, 0.15) is 36.2 Å². The first-order chi connectivity index (χ1) is 13.2. The molecule has 1 heterocycles. The normalized spacial score (nSPS) is 11.8. The molecule has 1 aromatic heterocycles. The van der Waals surface area contributed by atoms with Crippen LogP contribution in [0.2, 0.25) is 0 Å². The highest BCUT2D eigenvalue weighted by atomic mass is 16.5. The summed E-state index contributed by atoms with van der Waals surface area (Å²) in [6.07, 6.45) is 6.39. The second kappa shape index (κ2) is 9.03. The molecule has 0 amide bonds. The maximum absolute atomic E-state index is 12.0. The Morgan fingerprint density at radius 2 is 1.85 bits per heavy atom. The summed E-state index contributed by atoms with van der Waals surface area (Å²) in [5.74, 6) is 0.885. The van der Waals surface area contributed by atoms with Crippen LogP contribution in [0.5, 0.6) is 5.75 Å². The maximum atomic E-state index is 12.0. The van der Waals surface area contributed by atoms with E-state index in [4.69, 9.17) is 9.47 Å². The van der Waals surface area contributed by atoms with Gasteiger partial charge >= 0.3 is 5.97 Å². The van der Waals surface area contributed by atoms with Crippen LogP contribution in [-0.4, -0.2) is 22.1 Å². The van der Waals surface area contributed by atoms with Crippen LogP contribution < -0.4 is 4.74 Å². The summed E-state index contributed by atoms with van der Waals surface area (Å²) in [6.45, 7) is 5.04. The second-order valence-electron chi connectivity index (χ2n) is 6.56. The Morgan fingerprint density at radius 1 is 1.11 bits per heavy atom. The molecule has 0 aliphatic heterocycles. The summed E-state index contributed by atoms with van der Waals surface area (Å²) in [4.78, 5) is 16.1. The zero-order valence-corrected chi connectivity index (χ0v) is 15.7. The summed E-state index contributed by atoms with van der Waals surface area (Å²) in [6, 6.07) is 15.1. The molecule has 0 aliphatic rings. The van der Waals surface area contributed by atoms with Crippen LogP contribution in [0.3, 0.4) is 0 Å². The zero-order valence-electron chi connectivity index (χ0n) is 15.7. The fourth-order valence-electron chi connectivity index (χ4n) is 2.45. The van der Waals surface area contributed by atoms with Crippen molar-refractivity contribution < 1.29 is 14.3 Å². The van der Waals surface area contributed by atoms with Crippen LogP contribution in [0.25, 0.3) is 5.69 Å². The summed E-state index contributed by atoms with van der Waals surface area (Å²) in [5.41, 5.74) is 2.58. The van der Waals surface area contributed by atoms with Crippen molar-refractivity contribution in [2.45, 2.75) is 26.9 Å². The molecule has 140 valence electrons. The quantitative estimate of drug-likeness (QED) is 0.546. The molecule has 0 saturated carbocycles. The third-order valence-electron chi connectivity index (χ3n) is 4.43. The van der Waals surface area contributed by atoms with Crippen LogP contribution in [0.15, 0.2) is 67.3 Å². The molecule has 0 spiro atoms. The highest BCUT2D eigenvalue weighted by Gasteiger charge is 2.09. The first-order valence-electron chi connectivity index (χ1n) is 9.13. The third kappa shape index (κ3) is 5.20. The molecule has 27 heavy (non-hydrogen) atoms. The van der Waals surface area contributed by atoms with Gasteiger partial charge in [0.2, 0.25) is 0 Å². The van der Waals surface area contributed by atoms with Crippen LogP contribution >= 0.6 is 0 Å². The molecule has 5 nitrogen and oxygen atoms in total. The largest absolute Gasteiger partial charge is 0.489 e. The number of hydrogen-bond acceptors (Lipinski definition) is 4. The Kier molecular flexibility index (Phi) is 6.26. The molecule has 1 atom stereocenters.